The minimum Gasteiger partial charge on any atom is -0.497 e. The molecule has 2 aromatic rings. The van der Waals surface area contributed by atoms with Crippen molar-refractivity contribution >= 4 is 11.4 Å². The standard InChI is InChI=1S/C13H13FN2O/c1-17-9-3-4-10(11(14)7-9)8-2-5-12(15)13(16)6-8/h2-7H,15-16H2,1H3. The van der Waals surface area contributed by atoms with Gasteiger partial charge in [0.25, 0.3) is 0 Å². The van der Waals surface area contributed by atoms with E-state index < -0.39 is 0 Å². The second-order valence-electron chi connectivity index (χ2n) is 3.69. The number of halogens is 1. The predicted molar refractivity (Wildman–Crippen MR) is 67.2 cm³/mol. The van der Waals surface area contributed by atoms with Crippen LogP contribution in [0.25, 0.3) is 11.1 Å². The highest BCUT2D eigenvalue weighted by Crippen LogP contribution is 2.29. The van der Waals surface area contributed by atoms with E-state index in [1.54, 1.807) is 30.3 Å². The smallest absolute Gasteiger partial charge is 0.134 e. The molecule has 0 fully saturated rings. The highest BCUT2D eigenvalue weighted by Gasteiger charge is 2.07. The van der Waals surface area contributed by atoms with Crippen LogP contribution in [0.2, 0.25) is 0 Å². The summed E-state index contributed by atoms with van der Waals surface area (Å²) in [5.74, 6) is 0.128. The maximum Gasteiger partial charge on any atom is 0.134 e. The monoisotopic (exact) mass is 232 g/mol. The number of hydrogen-bond acceptors (Lipinski definition) is 3. The maximum atomic E-state index is 13.8. The first-order chi connectivity index (χ1) is 8.11. The first kappa shape index (κ1) is 11.3. The third-order valence-electron chi connectivity index (χ3n) is 2.57. The van der Waals surface area contributed by atoms with Gasteiger partial charge in [0.05, 0.1) is 18.5 Å². The number of methoxy groups -OCH3 is 1. The molecule has 0 bridgehead atoms. The lowest BCUT2D eigenvalue weighted by Crippen LogP contribution is -1.95. The summed E-state index contributed by atoms with van der Waals surface area (Å²) in [7, 11) is 1.50. The van der Waals surface area contributed by atoms with Gasteiger partial charge in [-0.25, -0.2) is 4.39 Å². The predicted octanol–water partition coefficient (Wildman–Crippen LogP) is 2.67. The van der Waals surface area contributed by atoms with E-state index in [2.05, 4.69) is 0 Å². The van der Waals surface area contributed by atoms with Gasteiger partial charge in [-0.15, -0.1) is 0 Å². The summed E-state index contributed by atoms with van der Waals surface area (Å²) >= 11 is 0. The molecule has 0 aliphatic heterocycles. The molecule has 0 heterocycles. The first-order valence-corrected chi connectivity index (χ1v) is 5.10. The summed E-state index contributed by atoms with van der Waals surface area (Å²) in [6, 6.07) is 9.73. The van der Waals surface area contributed by atoms with Crippen molar-refractivity contribution in [2.75, 3.05) is 18.6 Å². The number of anilines is 2. The molecule has 0 unspecified atom stereocenters. The average molecular weight is 232 g/mol. The number of rotatable bonds is 2. The molecule has 17 heavy (non-hydrogen) atoms. The van der Waals surface area contributed by atoms with Gasteiger partial charge < -0.3 is 16.2 Å². The van der Waals surface area contributed by atoms with Crippen molar-refractivity contribution in [3.63, 3.8) is 0 Å². The molecule has 0 atom stereocenters. The molecular formula is C13H13FN2O. The van der Waals surface area contributed by atoms with E-state index >= 15 is 0 Å². The van der Waals surface area contributed by atoms with Crippen molar-refractivity contribution in [1.82, 2.24) is 0 Å². The van der Waals surface area contributed by atoms with Crippen LogP contribution in [0.5, 0.6) is 5.75 Å². The Balaban J connectivity index is 2.49. The fraction of sp³-hybridized carbons (Fsp3) is 0.0769. The SMILES string of the molecule is COc1ccc(-c2ccc(N)c(N)c2)c(F)c1. The van der Waals surface area contributed by atoms with Crippen molar-refractivity contribution in [2.45, 2.75) is 0 Å². The molecule has 3 nitrogen and oxygen atoms in total. The molecule has 0 aliphatic carbocycles. The molecule has 2 rings (SSSR count). The van der Waals surface area contributed by atoms with Crippen LogP contribution < -0.4 is 16.2 Å². The summed E-state index contributed by atoms with van der Waals surface area (Å²) in [5, 5.41) is 0. The van der Waals surface area contributed by atoms with Gasteiger partial charge in [0.2, 0.25) is 0 Å². The van der Waals surface area contributed by atoms with Gasteiger partial charge in [0, 0.05) is 11.6 Å². The topological polar surface area (TPSA) is 61.3 Å². The van der Waals surface area contributed by atoms with Gasteiger partial charge in [-0.3, -0.25) is 0 Å². The molecule has 4 N–H and O–H groups in total. The normalized spacial score (nSPS) is 10.2. The van der Waals surface area contributed by atoms with Crippen molar-refractivity contribution in [1.29, 1.82) is 0 Å². The summed E-state index contributed by atoms with van der Waals surface area (Å²) in [5.41, 5.74) is 13.4. The summed E-state index contributed by atoms with van der Waals surface area (Å²) in [6.45, 7) is 0. The Hall–Kier alpha value is -2.23. The number of nitrogen functional groups attached to an aromatic ring is 2. The molecule has 0 aromatic heterocycles. The first-order valence-electron chi connectivity index (χ1n) is 5.10. The lowest BCUT2D eigenvalue weighted by Gasteiger charge is -2.08. The van der Waals surface area contributed by atoms with Crippen LogP contribution >= 0.6 is 0 Å². The van der Waals surface area contributed by atoms with Gasteiger partial charge in [-0.2, -0.15) is 0 Å². The summed E-state index contributed by atoms with van der Waals surface area (Å²) in [6.07, 6.45) is 0. The Labute approximate surface area is 98.8 Å². The molecule has 0 saturated heterocycles. The van der Waals surface area contributed by atoms with Gasteiger partial charge in [0.1, 0.15) is 11.6 Å². The number of benzene rings is 2. The largest absolute Gasteiger partial charge is 0.497 e. The number of ether oxygens (including phenoxy) is 1. The summed E-state index contributed by atoms with van der Waals surface area (Å²) in [4.78, 5) is 0. The lowest BCUT2D eigenvalue weighted by molar-refractivity contribution is 0.411. The molecule has 0 amide bonds. The van der Waals surface area contributed by atoms with Gasteiger partial charge >= 0.3 is 0 Å². The Kier molecular flexibility index (Phi) is 2.87. The van der Waals surface area contributed by atoms with Crippen molar-refractivity contribution in [2.24, 2.45) is 0 Å². The van der Waals surface area contributed by atoms with Crippen molar-refractivity contribution in [3.8, 4) is 16.9 Å². The minimum atomic E-state index is -0.353. The zero-order chi connectivity index (χ0) is 12.4. The third kappa shape index (κ3) is 2.15. The molecule has 4 heteroatoms. The van der Waals surface area contributed by atoms with E-state index in [1.807, 2.05) is 0 Å². The van der Waals surface area contributed by atoms with E-state index in [9.17, 15) is 4.39 Å². The van der Waals surface area contributed by atoms with Crippen LogP contribution in [-0.4, -0.2) is 7.11 Å². The van der Waals surface area contributed by atoms with E-state index in [4.69, 9.17) is 16.2 Å². The second-order valence-corrected chi connectivity index (χ2v) is 3.69. The molecule has 0 aliphatic rings. The molecule has 0 radical (unpaired) electrons. The van der Waals surface area contributed by atoms with Gasteiger partial charge in [-0.05, 0) is 29.8 Å². The van der Waals surface area contributed by atoms with Crippen LogP contribution in [0.15, 0.2) is 36.4 Å². The minimum absolute atomic E-state index is 0.353. The van der Waals surface area contributed by atoms with Gasteiger partial charge in [0.15, 0.2) is 0 Å². The molecular weight excluding hydrogens is 219 g/mol. The van der Waals surface area contributed by atoms with E-state index in [1.165, 1.54) is 13.2 Å². The van der Waals surface area contributed by atoms with Crippen LogP contribution in [0.4, 0.5) is 15.8 Å². The highest BCUT2D eigenvalue weighted by molar-refractivity contribution is 5.75. The van der Waals surface area contributed by atoms with Crippen molar-refractivity contribution in [3.05, 3.63) is 42.2 Å². The zero-order valence-corrected chi connectivity index (χ0v) is 9.41. The van der Waals surface area contributed by atoms with Crippen LogP contribution in [0, 0.1) is 5.82 Å². The average Bonchev–Trinajstić information content (AvgIpc) is 2.32. The van der Waals surface area contributed by atoms with E-state index in [-0.39, 0.29) is 5.82 Å². The number of nitrogens with two attached hydrogens (primary N) is 2. The molecule has 0 saturated carbocycles. The molecule has 88 valence electrons. The Bertz CT molecular complexity index is 555. The van der Waals surface area contributed by atoms with Crippen LogP contribution in [-0.2, 0) is 0 Å². The fourth-order valence-electron chi connectivity index (χ4n) is 1.60. The van der Waals surface area contributed by atoms with Crippen molar-refractivity contribution < 1.29 is 9.13 Å². The molecule has 2 aromatic carbocycles. The third-order valence-corrected chi connectivity index (χ3v) is 2.57. The van der Waals surface area contributed by atoms with Crippen LogP contribution in [0.1, 0.15) is 0 Å². The van der Waals surface area contributed by atoms with Crippen LogP contribution in [0.3, 0.4) is 0 Å². The summed E-state index contributed by atoms with van der Waals surface area (Å²) < 4.78 is 18.7. The van der Waals surface area contributed by atoms with Gasteiger partial charge in [-0.1, -0.05) is 6.07 Å². The van der Waals surface area contributed by atoms with E-state index in [0.717, 1.165) is 0 Å². The Morgan fingerprint density at radius 3 is 2.35 bits per heavy atom. The Morgan fingerprint density at radius 1 is 1.00 bits per heavy atom. The van der Waals surface area contributed by atoms with E-state index in [0.29, 0.717) is 28.3 Å². The molecule has 0 spiro atoms. The Morgan fingerprint density at radius 2 is 1.76 bits per heavy atom. The zero-order valence-electron chi connectivity index (χ0n) is 9.41. The lowest BCUT2D eigenvalue weighted by atomic mass is 10.0. The second kappa shape index (κ2) is 4.33. The maximum absolute atomic E-state index is 13.8. The quantitative estimate of drug-likeness (QED) is 0.782. The highest BCUT2D eigenvalue weighted by atomic mass is 19.1. The fourth-order valence-corrected chi connectivity index (χ4v) is 1.60. The number of hydrogen-bond donors (Lipinski definition) is 2.